The Bertz CT molecular complexity index is 1370. The summed E-state index contributed by atoms with van der Waals surface area (Å²) in [5, 5.41) is 0. The lowest BCUT2D eigenvalue weighted by atomic mass is 9.94. The Morgan fingerprint density at radius 2 is 1.17 bits per heavy atom. The zero-order chi connectivity index (χ0) is 24.6. The first-order chi connectivity index (χ1) is 17.6. The van der Waals surface area contributed by atoms with Crippen LogP contribution >= 0.6 is 0 Å². The van der Waals surface area contributed by atoms with E-state index in [9.17, 15) is 9.59 Å². The van der Waals surface area contributed by atoms with Crippen LogP contribution in [0.4, 0.5) is 0 Å². The topological polar surface area (TPSA) is 62.7 Å². The Labute approximate surface area is 209 Å². The summed E-state index contributed by atoms with van der Waals surface area (Å²) in [6.45, 7) is 1.91. The second-order valence-electron chi connectivity index (χ2n) is 9.16. The SMILES string of the molecule is COc1ccc(-c2c3c(nc4c2CN(Cc2ccccc2)C4=O)C(=O)N(Cc2ccccc2)C3)cc1. The Balaban J connectivity index is 1.42. The summed E-state index contributed by atoms with van der Waals surface area (Å²) in [7, 11) is 1.64. The number of amides is 2. The minimum Gasteiger partial charge on any atom is -0.497 e. The first-order valence-electron chi connectivity index (χ1n) is 12.0. The van der Waals surface area contributed by atoms with Gasteiger partial charge < -0.3 is 14.5 Å². The van der Waals surface area contributed by atoms with Crippen LogP contribution in [0.25, 0.3) is 11.1 Å². The Morgan fingerprint density at radius 1 is 0.694 bits per heavy atom. The van der Waals surface area contributed by atoms with E-state index >= 15 is 0 Å². The molecule has 0 atom stereocenters. The first-order valence-corrected chi connectivity index (χ1v) is 12.0. The molecule has 0 saturated carbocycles. The van der Waals surface area contributed by atoms with E-state index in [-0.39, 0.29) is 11.8 Å². The van der Waals surface area contributed by atoms with Crippen LogP contribution in [0.3, 0.4) is 0 Å². The van der Waals surface area contributed by atoms with Gasteiger partial charge in [0.05, 0.1) is 7.11 Å². The second-order valence-corrected chi connectivity index (χ2v) is 9.16. The van der Waals surface area contributed by atoms with Crippen LogP contribution in [0.5, 0.6) is 5.75 Å². The van der Waals surface area contributed by atoms with Crippen molar-refractivity contribution in [3.8, 4) is 16.9 Å². The van der Waals surface area contributed by atoms with Crippen LogP contribution in [0.1, 0.15) is 43.2 Å². The van der Waals surface area contributed by atoms with Crippen molar-refractivity contribution in [1.29, 1.82) is 0 Å². The van der Waals surface area contributed by atoms with Crippen molar-refractivity contribution in [2.75, 3.05) is 7.11 Å². The molecule has 0 fully saturated rings. The van der Waals surface area contributed by atoms with Gasteiger partial charge in [0.1, 0.15) is 17.1 Å². The van der Waals surface area contributed by atoms with E-state index in [1.807, 2.05) is 84.9 Å². The van der Waals surface area contributed by atoms with E-state index in [0.717, 1.165) is 39.1 Å². The lowest BCUT2D eigenvalue weighted by Gasteiger charge is -2.17. The van der Waals surface area contributed by atoms with Crippen molar-refractivity contribution >= 4 is 11.8 Å². The number of aromatic nitrogens is 1. The summed E-state index contributed by atoms with van der Waals surface area (Å²) in [5.74, 6) is 0.478. The third-order valence-corrected chi connectivity index (χ3v) is 6.89. The summed E-state index contributed by atoms with van der Waals surface area (Å²) in [6, 6.07) is 27.7. The highest BCUT2D eigenvalue weighted by Crippen LogP contribution is 2.40. The van der Waals surface area contributed by atoms with Gasteiger partial charge >= 0.3 is 0 Å². The van der Waals surface area contributed by atoms with Crippen molar-refractivity contribution in [1.82, 2.24) is 14.8 Å². The largest absolute Gasteiger partial charge is 0.497 e. The van der Waals surface area contributed by atoms with E-state index in [2.05, 4.69) is 0 Å². The van der Waals surface area contributed by atoms with Crippen LogP contribution in [-0.4, -0.2) is 33.7 Å². The molecule has 0 N–H and O–H groups in total. The van der Waals surface area contributed by atoms with Gasteiger partial charge in [0, 0.05) is 37.3 Å². The standard InChI is InChI=1S/C30H25N3O3/c1-36-23-14-12-22(13-15-23)26-24-18-32(16-20-8-4-2-5-9-20)29(34)27(24)31-28-25(26)19-33(30(28)35)17-21-10-6-3-7-11-21/h2-15H,16-19H2,1H3. The van der Waals surface area contributed by atoms with Gasteiger partial charge in [0.2, 0.25) is 0 Å². The highest BCUT2D eigenvalue weighted by molar-refractivity contribution is 6.04. The van der Waals surface area contributed by atoms with Crippen molar-refractivity contribution in [3.05, 3.63) is 119 Å². The summed E-state index contributed by atoms with van der Waals surface area (Å²) in [6.07, 6.45) is 0. The molecule has 6 heteroatoms. The summed E-state index contributed by atoms with van der Waals surface area (Å²) < 4.78 is 5.35. The molecule has 0 unspecified atom stereocenters. The van der Waals surface area contributed by atoms with E-state index in [0.29, 0.717) is 37.6 Å². The zero-order valence-electron chi connectivity index (χ0n) is 20.0. The lowest BCUT2D eigenvalue weighted by molar-refractivity contribution is 0.0758. The van der Waals surface area contributed by atoms with Gasteiger partial charge in [-0.15, -0.1) is 0 Å². The summed E-state index contributed by atoms with van der Waals surface area (Å²) in [4.78, 5) is 35.3. The van der Waals surface area contributed by atoms with Crippen molar-refractivity contribution in [2.24, 2.45) is 0 Å². The van der Waals surface area contributed by atoms with Crippen LogP contribution in [-0.2, 0) is 26.2 Å². The Kier molecular flexibility index (Phi) is 5.49. The second kappa shape index (κ2) is 8.96. The fourth-order valence-corrected chi connectivity index (χ4v) is 5.12. The number of carbonyl (C=O) groups excluding carboxylic acids is 2. The average Bonchev–Trinajstić information content (AvgIpc) is 3.39. The van der Waals surface area contributed by atoms with Gasteiger partial charge in [-0.2, -0.15) is 0 Å². The maximum absolute atomic E-state index is 13.5. The van der Waals surface area contributed by atoms with Crippen LogP contribution in [0, 0.1) is 0 Å². The Hall–Kier alpha value is -4.45. The molecule has 3 aromatic carbocycles. The number of carbonyl (C=O) groups is 2. The smallest absolute Gasteiger partial charge is 0.273 e. The molecule has 2 amide bonds. The van der Waals surface area contributed by atoms with Crippen molar-refractivity contribution < 1.29 is 14.3 Å². The molecule has 0 spiro atoms. The third-order valence-electron chi connectivity index (χ3n) is 6.89. The molecule has 0 saturated heterocycles. The molecule has 178 valence electrons. The molecular formula is C30H25N3O3. The van der Waals surface area contributed by atoms with Gasteiger partial charge in [0.15, 0.2) is 0 Å². The average molecular weight is 476 g/mol. The van der Waals surface area contributed by atoms with Gasteiger partial charge in [-0.25, -0.2) is 4.98 Å². The fourth-order valence-electron chi connectivity index (χ4n) is 5.12. The maximum atomic E-state index is 13.5. The predicted molar refractivity (Wildman–Crippen MR) is 136 cm³/mol. The minimum absolute atomic E-state index is 0.138. The molecule has 6 nitrogen and oxygen atoms in total. The van der Waals surface area contributed by atoms with Gasteiger partial charge in [0.25, 0.3) is 11.8 Å². The summed E-state index contributed by atoms with van der Waals surface area (Å²) in [5.41, 5.74) is 6.53. The molecule has 36 heavy (non-hydrogen) atoms. The first kappa shape index (κ1) is 22.0. The highest BCUT2D eigenvalue weighted by Gasteiger charge is 2.39. The number of rotatable bonds is 6. The Morgan fingerprint density at radius 3 is 1.61 bits per heavy atom. The number of hydrogen-bond acceptors (Lipinski definition) is 4. The normalized spacial score (nSPS) is 14.2. The molecule has 1 aromatic heterocycles. The van der Waals surface area contributed by atoms with Gasteiger partial charge in [-0.1, -0.05) is 72.8 Å². The van der Waals surface area contributed by atoms with E-state index in [1.54, 1.807) is 16.9 Å². The number of benzene rings is 3. The molecule has 2 aliphatic rings. The highest BCUT2D eigenvalue weighted by atomic mass is 16.5. The van der Waals surface area contributed by atoms with Gasteiger partial charge in [-0.05, 0) is 34.4 Å². The molecule has 2 aliphatic heterocycles. The molecule has 0 aliphatic carbocycles. The number of pyridine rings is 1. The van der Waals surface area contributed by atoms with E-state index < -0.39 is 0 Å². The molecule has 3 heterocycles. The van der Waals surface area contributed by atoms with Gasteiger partial charge in [-0.3, -0.25) is 9.59 Å². The maximum Gasteiger partial charge on any atom is 0.273 e. The molecule has 0 bridgehead atoms. The number of fused-ring (bicyclic) bond motifs is 2. The third kappa shape index (κ3) is 3.81. The number of ether oxygens (including phenoxy) is 1. The molecular weight excluding hydrogens is 450 g/mol. The summed E-state index contributed by atoms with van der Waals surface area (Å²) >= 11 is 0. The van der Waals surface area contributed by atoms with E-state index in [1.165, 1.54) is 0 Å². The minimum atomic E-state index is -0.138. The molecule has 0 radical (unpaired) electrons. The van der Waals surface area contributed by atoms with Crippen LogP contribution in [0.15, 0.2) is 84.9 Å². The zero-order valence-corrected chi connectivity index (χ0v) is 20.0. The number of methoxy groups -OCH3 is 1. The monoisotopic (exact) mass is 475 g/mol. The number of nitrogens with zero attached hydrogens (tertiary/aromatic N) is 3. The van der Waals surface area contributed by atoms with E-state index in [4.69, 9.17) is 9.72 Å². The molecule has 6 rings (SSSR count). The fraction of sp³-hybridized carbons (Fsp3) is 0.167. The van der Waals surface area contributed by atoms with Crippen LogP contribution < -0.4 is 4.74 Å². The number of hydrogen-bond donors (Lipinski definition) is 0. The predicted octanol–water partition coefficient (Wildman–Crippen LogP) is 5.07. The van der Waals surface area contributed by atoms with Crippen molar-refractivity contribution in [3.63, 3.8) is 0 Å². The lowest BCUT2D eigenvalue weighted by Crippen LogP contribution is -2.25. The molecule has 4 aromatic rings. The quantitative estimate of drug-likeness (QED) is 0.391. The van der Waals surface area contributed by atoms with Crippen LogP contribution in [0.2, 0.25) is 0 Å². The van der Waals surface area contributed by atoms with Crippen molar-refractivity contribution in [2.45, 2.75) is 26.2 Å².